The zero-order chi connectivity index (χ0) is 19.9. The first-order valence-corrected chi connectivity index (χ1v) is 10.1. The summed E-state index contributed by atoms with van der Waals surface area (Å²) in [6.45, 7) is 0. The smallest absolute Gasteiger partial charge is 0.411 e. The lowest BCUT2D eigenvalue weighted by molar-refractivity contribution is -0.931. The summed E-state index contributed by atoms with van der Waals surface area (Å²) in [6, 6.07) is 12.6. The summed E-state index contributed by atoms with van der Waals surface area (Å²) >= 11 is 6.05. The van der Waals surface area contributed by atoms with E-state index in [0.29, 0.717) is 33.9 Å². The number of nitrogens with one attached hydrogen (secondary N) is 1. The summed E-state index contributed by atoms with van der Waals surface area (Å²) in [5, 5.41) is 3.25. The Morgan fingerprint density at radius 1 is 1.14 bits per heavy atom. The van der Waals surface area contributed by atoms with Gasteiger partial charge in [-0.15, -0.1) is 0 Å². The Morgan fingerprint density at radius 2 is 1.82 bits per heavy atom. The second-order valence-corrected chi connectivity index (χ2v) is 8.75. The third-order valence-electron chi connectivity index (χ3n) is 6.42. The molecular formula is C22H25ClFN2O2+. The van der Waals surface area contributed by atoms with Gasteiger partial charge in [-0.05, 0) is 29.8 Å². The van der Waals surface area contributed by atoms with Gasteiger partial charge in [0.2, 0.25) is 0 Å². The van der Waals surface area contributed by atoms with Crippen molar-refractivity contribution in [3.8, 4) is 11.1 Å². The van der Waals surface area contributed by atoms with Crippen molar-refractivity contribution in [3.05, 3.63) is 53.3 Å². The molecule has 28 heavy (non-hydrogen) atoms. The number of hydrogen-bond acceptors (Lipinski definition) is 2. The normalized spacial score (nSPS) is 25.4. The van der Waals surface area contributed by atoms with Gasteiger partial charge in [-0.3, -0.25) is 5.32 Å². The summed E-state index contributed by atoms with van der Waals surface area (Å²) < 4.78 is 21.3. The van der Waals surface area contributed by atoms with E-state index in [4.69, 9.17) is 16.3 Å². The topological polar surface area (TPSA) is 38.3 Å². The quantitative estimate of drug-likeness (QED) is 0.690. The average Bonchev–Trinajstić information content (AvgIpc) is 2.80. The maximum atomic E-state index is 14.5. The molecule has 2 fully saturated rings. The molecule has 2 aliphatic rings. The molecule has 0 saturated carbocycles. The number of benzene rings is 2. The minimum Gasteiger partial charge on any atom is -0.445 e. The fourth-order valence-electron chi connectivity index (χ4n) is 4.78. The van der Waals surface area contributed by atoms with Crippen LogP contribution < -0.4 is 5.32 Å². The number of carbonyl (C=O) groups excluding carboxylic acids is 1. The average molecular weight is 404 g/mol. The molecule has 1 N–H and O–H groups in total. The number of carbonyl (C=O) groups is 1. The summed E-state index contributed by atoms with van der Waals surface area (Å²) in [6.07, 6.45) is 3.49. The van der Waals surface area contributed by atoms with Crippen molar-refractivity contribution in [3.63, 3.8) is 0 Å². The lowest BCUT2D eigenvalue weighted by Crippen LogP contribution is -2.56. The van der Waals surface area contributed by atoms with E-state index in [-0.39, 0.29) is 6.10 Å². The summed E-state index contributed by atoms with van der Waals surface area (Å²) in [4.78, 5) is 12.6. The molecule has 148 valence electrons. The number of ether oxygens (including phenoxy) is 1. The van der Waals surface area contributed by atoms with E-state index in [1.165, 1.54) is 18.9 Å². The second kappa shape index (κ2) is 7.37. The van der Waals surface area contributed by atoms with Crippen molar-refractivity contribution in [1.29, 1.82) is 0 Å². The highest BCUT2D eigenvalue weighted by atomic mass is 35.5. The molecule has 0 aliphatic carbocycles. The molecule has 1 amide bonds. The van der Waals surface area contributed by atoms with Crippen molar-refractivity contribution >= 4 is 23.4 Å². The van der Waals surface area contributed by atoms with Gasteiger partial charge in [0.05, 0.1) is 31.9 Å². The molecule has 0 radical (unpaired) electrons. The molecule has 0 spiro atoms. The molecule has 4 rings (SSSR count). The van der Waals surface area contributed by atoms with Gasteiger partial charge in [0.15, 0.2) is 0 Å². The van der Waals surface area contributed by atoms with Crippen LogP contribution in [0.2, 0.25) is 5.02 Å². The van der Waals surface area contributed by atoms with E-state index in [1.807, 2.05) is 0 Å². The van der Waals surface area contributed by atoms with E-state index < -0.39 is 11.9 Å². The van der Waals surface area contributed by atoms with Gasteiger partial charge in [-0.25, -0.2) is 9.18 Å². The Balaban J connectivity index is 1.49. The fraction of sp³-hybridized carbons (Fsp3) is 0.409. The molecular weight excluding hydrogens is 379 g/mol. The Labute approximate surface area is 169 Å². The minimum absolute atomic E-state index is 0.0909. The van der Waals surface area contributed by atoms with Gasteiger partial charge in [0.1, 0.15) is 11.9 Å². The number of quaternary nitrogens is 1. The standard InChI is InChI=1S/C22H24ClFN2O2/c1-26(2)16-9-10-17(26)13-18(12-16)28-22(27)25-20-8-4-7-19(24)21(20)14-5-3-6-15(23)11-14/h3-8,11,16-18H,9-10,12-13H2,1-2H3/p+1/t16-,17+,18?. The molecule has 4 nitrogen and oxygen atoms in total. The number of hydrogen-bond donors (Lipinski definition) is 1. The van der Waals surface area contributed by atoms with Crippen molar-refractivity contribution < 1.29 is 18.4 Å². The molecule has 2 heterocycles. The van der Waals surface area contributed by atoms with Crippen LogP contribution >= 0.6 is 11.6 Å². The van der Waals surface area contributed by atoms with Gasteiger partial charge in [0.25, 0.3) is 0 Å². The molecule has 2 aromatic carbocycles. The van der Waals surface area contributed by atoms with Crippen LogP contribution in [0.1, 0.15) is 25.7 Å². The van der Waals surface area contributed by atoms with Crippen LogP contribution in [-0.2, 0) is 4.74 Å². The maximum Gasteiger partial charge on any atom is 0.411 e. The van der Waals surface area contributed by atoms with E-state index in [2.05, 4.69) is 19.4 Å². The highest BCUT2D eigenvalue weighted by Gasteiger charge is 2.49. The molecule has 1 unspecified atom stereocenters. The summed E-state index contributed by atoms with van der Waals surface area (Å²) in [5.74, 6) is -0.421. The monoisotopic (exact) mass is 403 g/mol. The number of nitrogens with zero attached hydrogens (tertiary/aromatic N) is 1. The van der Waals surface area contributed by atoms with E-state index in [0.717, 1.165) is 17.3 Å². The van der Waals surface area contributed by atoms with Crippen LogP contribution in [0.3, 0.4) is 0 Å². The predicted molar refractivity (Wildman–Crippen MR) is 109 cm³/mol. The maximum absolute atomic E-state index is 14.5. The molecule has 2 saturated heterocycles. The third kappa shape index (κ3) is 3.61. The SMILES string of the molecule is C[N+]1(C)[C@@H]2CC[C@H]1CC(OC(=O)Nc1cccc(F)c1-c1cccc(Cl)c1)C2. The molecule has 2 aliphatic heterocycles. The molecule has 0 aromatic heterocycles. The van der Waals surface area contributed by atoms with E-state index in [1.54, 1.807) is 36.4 Å². The lowest BCUT2D eigenvalue weighted by atomic mass is 9.98. The first-order chi connectivity index (χ1) is 13.3. The van der Waals surface area contributed by atoms with Gasteiger partial charge < -0.3 is 9.22 Å². The number of halogens is 2. The van der Waals surface area contributed by atoms with E-state index >= 15 is 0 Å². The van der Waals surface area contributed by atoms with Gasteiger partial charge in [0, 0.05) is 36.3 Å². The molecule has 2 bridgehead atoms. The predicted octanol–water partition coefficient (Wildman–Crippen LogP) is 5.46. The summed E-state index contributed by atoms with van der Waals surface area (Å²) in [7, 11) is 4.53. The van der Waals surface area contributed by atoms with E-state index in [9.17, 15) is 9.18 Å². The van der Waals surface area contributed by atoms with Crippen LogP contribution in [0, 0.1) is 5.82 Å². The van der Waals surface area contributed by atoms with Crippen LogP contribution in [0.25, 0.3) is 11.1 Å². The Morgan fingerprint density at radius 3 is 2.50 bits per heavy atom. The Bertz CT molecular complexity index is 886. The number of anilines is 1. The van der Waals surface area contributed by atoms with Crippen molar-refractivity contribution in [1.82, 2.24) is 0 Å². The largest absolute Gasteiger partial charge is 0.445 e. The first-order valence-electron chi connectivity index (χ1n) is 9.70. The fourth-order valence-corrected chi connectivity index (χ4v) is 4.97. The molecule has 6 heteroatoms. The van der Waals surface area contributed by atoms with Crippen molar-refractivity contribution in [2.24, 2.45) is 0 Å². The van der Waals surface area contributed by atoms with Gasteiger partial charge >= 0.3 is 6.09 Å². The minimum atomic E-state index is -0.537. The highest BCUT2D eigenvalue weighted by Crippen LogP contribution is 2.40. The second-order valence-electron chi connectivity index (χ2n) is 8.31. The number of rotatable bonds is 3. The Kier molecular flexibility index (Phi) is 5.06. The third-order valence-corrected chi connectivity index (χ3v) is 6.66. The Hall–Kier alpha value is -2.11. The zero-order valence-corrected chi connectivity index (χ0v) is 16.9. The highest BCUT2D eigenvalue weighted by molar-refractivity contribution is 6.30. The molecule has 2 aromatic rings. The van der Waals surface area contributed by atoms with Crippen molar-refractivity contribution in [2.45, 2.75) is 43.9 Å². The van der Waals surface area contributed by atoms with Crippen LogP contribution in [0.5, 0.6) is 0 Å². The first kappa shape index (κ1) is 19.2. The van der Waals surface area contributed by atoms with Crippen LogP contribution in [0.15, 0.2) is 42.5 Å². The van der Waals surface area contributed by atoms with Crippen molar-refractivity contribution in [2.75, 3.05) is 19.4 Å². The number of amides is 1. The number of piperidine rings is 1. The van der Waals surface area contributed by atoms with Crippen LogP contribution in [0.4, 0.5) is 14.9 Å². The summed E-state index contributed by atoms with van der Waals surface area (Å²) in [5.41, 5.74) is 1.29. The number of fused-ring (bicyclic) bond motifs is 2. The van der Waals surface area contributed by atoms with Crippen LogP contribution in [-0.4, -0.2) is 42.9 Å². The lowest BCUT2D eigenvalue weighted by Gasteiger charge is -2.43. The van der Waals surface area contributed by atoms with Gasteiger partial charge in [-0.2, -0.15) is 0 Å². The molecule has 3 atom stereocenters. The van der Waals surface area contributed by atoms with Gasteiger partial charge in [-0.1, -0.05) is 29.8 Å². The zero-order valence-electron chi connectivity index (χ0n) is 16.1.